The van der Waals surface area contributed by atoms with Crippen LogP contribution in [0.4, 0.5) is 0 Å². The van der Waals surface area contributed by atoms with Crippen LogP contribution in [-0.4, -0.2) is 29.5 Å². The minimum Gasteiger partial charge on any atom is -0.474 e. The molecule has 0 aromatic carbocycles. The fraction of sp³-hybridized carbons (Fsp3) is 0.429. The highest BCUT2D eigenvalue weighted by Gasteiger charge is 2.33. The lowest BCUT2D eigenvalue weighted by Crippen LogP contribution is -2.20. The van der Waals surface area contributed by atoms with Crippen LogP contribution in [0.3, 0.4) is 0 Å². The third-order valence-corrected chi connectivity index (χ3v) is 2.40. The van der Waals surface area contributed by atoms with Crippen LogP contribution in [0.15, 0.2) is 10.7 Å². The van der Waals surface area contributed by atoms with Crippen LogP contribution in [0.5, 0.6) is 5.88 Å². The van der Waals surface area contributed by atoms with Crippen molar-refractivity contribution >= 4 is 21.9 Å². The van der Waals surface area contributed by atoms with Gasteiger partial charge in [0.1, 0.15) is 6.61 Å². The normalized spacial score (nSPS) is 19.4. The van der Waals surface area contributed by atoms with Crippen molar-refractivity contribution in [3.05, 3.63) is 10.7 Å². The molecule has 0 bridgehead atoms. The summed E-state index contributed by atoms with van der Waals surface area (Å²) in [6.45, 7) is 0.286. The summed E-state index contributed by atoms with van der Waals surface area (Å²) in [6, 6.07) is -0.453. The quantitative estimate of drug-likeness (QED) is 0.687. The highest BCUT2D eigenvalue weighted by molar-refractivity contribution is 9.10. The van der Waals surface area contributed by atoms with Gasteiger partial charge in [-0.1, -0.05) is 0 Å². The van der Waals surface area contributed by atoms with Gasteiger partial charge < -0.3 is 9.47 Å². The lowest BCUT2D eigenvalue weighted by atomic mass is 10.3. The molecule has 0 saturated carbocycles. The summed E-state index contributed by atoms with van der Waals surface area (Å²) in [4.78, 5) is 11.2. The molecular formula is C7H7BrN2O3. The van der Waals surface area contributed by atoms with Gasteiger partial charge in [0.15, 0.2) is 6.04 Å². The highest BCUT2D eigenvalue weighted by atomic mass is 79.9. The fourth-order valence-corrected chi connectivity index (χ4v) is 1.61. The first-order chi connectivity index (χ1) is 6.24. The Hall–Kier alpha value is -1.04. The Bertz CT molecular complexity index is 350. The molecule has 70 valence electrons. The van der Waals surface area contributed by atoms with Gasteiger partial charge in [-0.15, -0.1) is 0 Å². The number of aromatic nitrogens is 2. The van der Waals surface area contributed by atoms with E-state index in [0.717, 1.165) is 4.47 Å². The summed E-state index contributed by atoms with van der Waals surface area (Å²) < 4.78 is 12.1. The smallest absolute Gasteiger partial charge is 0.334 e. The van der Waals surface area contributed by atoms with E-state index in [4.69, 9.17) is 4.74 Å². The molecule has 1 aliphatic heterocycles. The first kappa shape index (κ1) is 8.55. The summed E-state index contributed by atoms with van der Waals surface area (Å²) in [5.74, 6) is 0.241. The van der Waals surface area contributed by atoms with E-state index in [1.807, 2.05) is 0 Å². The Kier molecular flexibility index (Phi) is 1.99. The average Bonchev–Trinajstić information content (AvgIpc) is 2.68. The average molecular weight is 247 g/mol. The molecule has 0 radical (unpaired) electrons. The van der Waals surface area contributed by atoms with Crippen molar-refractivity contribution in [3.63, 3.8) is 0 Å². The van der Waals surface area contributed by atoms with Crippen molar-refractivity contribution in [1.82, 2.24) is 9.78 Å². The number of hydrogen-bond donors (Lipinski definition) is 0. The Labute approximate surface area is 82.7 Å². The Morgan fingerprint density at radius 1 is 1.92 bits per heavy atom. The lowest BCUT2D eigenvalue weighted by Gasteiger charge is -2.04. The van der Waals surface area contributed by atoms with Gasteiger partial charge in [-0.05, 0) is 15.9 Å². The number of fused-ring (bicyclic) bond motifs is 1. The Morgan fingerprint density at radius 3 is 3.38 bits per heavy atom. The third-order valence-electron chi connectivity index (χ3n) is 1.85. The van der Waals surface area contributed by atoms with E-state index in [1.165, 1.54) is 11.8 Å². The monoisotopic (exact) mass is 246 g/mol. The van der Waals surface area contributed by atoms with Crippen molar-refractivity contribution in [2.75, 3.05) is 13.7 Å². The number of methoxy groups -OCH3 is 1. The maximum atomic E-state index is 11.2. The van der Waals surface area contributed by atoms with E-state index in [0.29, 0.717) is 5.88 Å². The van der Waals surface area contributed by atoms with E-state index < -0.39 is 6.04 Å². The summed E-state index contributed by atoms with van der Waals surface area (Å²) >= 11 is 3.26. The van der Waals surface area contributed by atoms with Gasteiger partial charge in [0.05, 0.1) is 17.8 Å². The van der Waals surface area contributed by atoms with Crippen molar-refractivity contribution in [2.24, 2.45) is 0 Å². The van der Waals surface area contributed by atoms with Gasteiger partial charge >= 0.3 is 5.97 Å². The van der Waals surface area contributed by atoms with Crippen LogP contribution in [0.25, 0.3) is 0 Å². The molecule has 0 N–H and O–H groups in total. The molecule has 0 fully saturated rings. The molecule has 0 spiro atoms. The zero-order chi connectivity index (χ0) is 9.42. The molecule has 0 amide bonds. The lowest BCUT2D eigenvalue weighted by molar-refractivity contribution is -0.144. The predicted octanol–water partition coefficient (Wildman–Crippen LogP) is 0.752. The van der Waals surface area contributed by atoms with Crippen molar-refractivity contribution in [1.29, 1.82) is 0 Å². The first-order valence-corrected chi connectivity index (χ1v) is 4.47. The number of nitrogens with zero attached hydrogens (tertiary/aromatic N) is 2. The maximum absolute atomic E-state index is 11.2. The van der Waals surface area contributed by atoms with Crippen LogP contribution in [0.2, 0.25) is 0 Å². The molecule has 0 aliphatic carbocycles. The standard InChI is InChI=1S/C7H7BrN2O3/c1-12-7(11)5-3-13-6-4(8)2-9-10(5)6/h2,5H,3H2,1H3. The van der Waals surface area contributed by atoms with Gasteiger partial charge in [-0.25, -0.2) is 9.48 Å². The molecule has 1 aromatic heterocycles. The predicted molar refractivity (Wildman–Crippen MR) is 46.5 cm³/mol. The molecular weight excluding hydrogens is 240 g/mol. The Balaban J connectivity index is 2.33. The second-order valence-electron chi connectivity index (χ2n) is 2.59. The first-order valence-electron chi connectivity index (χ1n) is 3.67. The van der Waals surface area contributed by atoms with E-state index in [-0.39, 0.29) is 12.6 Å². The number of hydrogen-bond acceptors (Lipinski definition) is 4. The van der Waals surface area contributed by atoms with Gasteiger partial charge in [-0.2, -0.15) is 5.10 Å². The van der Waals surface area contributed by atoms with Crippen LogP contribution in [0.1, 0.15) is 6.04 Å². The molecule has 1 aliphatic rings. The van der Waals surface area contributed by atoms with Gasteiger partial charge in [0.2, 0.25) is 5.88 Å². The molecule has 6 heteroatoms. The Morgan fingerprint density at radius 2 is 2.69 bits per heavy atom. The third kappa shape index (κ3) is 1.21. The van der Waals surface area contributed by atoms with E-state index in [9.17, 15) is 4.79 Å². The van der Waals surface area contributed by atoms with Crippen LogP contribution < -0.4 is 4.74 Å². The second kappa shape index (κ2) is 3.02. The van der Waals surface area contributed by atoms with E-state index in [1.54, 1.807) is 6.20 Å². The molecule has 1 atom stereocenters. The topological polar surface area (TPSA) is 53.4 Å². The zero-order valence-corrected chi connectivity index (χ0v) is 8.44. The van der Waals surface area contributed by atoms with E-state index in [2.05, 4.69) is 25.8 Å². The fourth-order valence-electron chi connectivity index (χ4n) is 1.22. The van der Waals surface area contributed by atoms with Gasteiger partial charge in [-0.3, -0.25) is 0 Å². The highest BCUT2D eigenvalue weighted by Crippen LogP contribution is 2.32. The number of rotatable bonds is 1. The molecule has 2 rings (SSSR count). The summed E-state index contributed by atoms with van der Waals surface area (Å²) in [5, 5.41) is 3.99. The number of esters is 1. The van der Waals surface area contributed by atoms with Gasteiger partial charge in [0, 0.05) is 0 Å². The van der Waals surface area contributed by atoms with Crippen LogP contribution in [-0.2, 0) is 9.53 Å². The summed E-state index contributed by atoms with van der Waals surface area (Å²) in [5.41, 5.74) is 0. The summed E-state index contributed by atoms with van der Waals surface area (Å²) in [6.07, 6.45) is 1.59. The second-order valence-corrected chi connectivity index (χ2v) is 3.45. The van der Waals surface area contributed by atoms with Crippen molar-refractivity contribution < 1.29 is 14.3 Å². The minimum atomic E-state index is -0.453. The van der Waals surface area contributed by atoms with Crippen LogP contribution >= 0.6 is 15.9 Å². The minimum absolute atomic E-state index is 0.286. The number of halogens is 1. The molecule has 2 heterocycles. The summed E-state index contributed by atoms with van der Waals surface area (Å²) in [7, 11) is 1.35. The van der Waals surface area contributed by atoms with E-state index >= 15 is 0 Å². The SMILES string of the molecule is COC(=O)C1COc2c(Br)cnn21. The van der Waals surface area contributed by atoms with Crippen LogP contribution in [0, 0.1) is 0 Å². The molecule has 5 nitrogen and oxygen atoms in total. The molecule has 0 saturated heterocycles. The zero-order valence-electron chi connectivity index (χ0n) is 6.86. The number of ether oxygens (including phenoxy) is 2. The van der Waals surface area contributed by atoms with Crippen molar-refractivity contribution in [2.45, 2.75) is 6.04 Å². The number of carbonyl (C=O) groups is 1. The number of carbonyl (C=O) groups excluding carboxylic acids is 1. The molecule has 13 heavy (non-hydrogen) atoms. The van der Waals surface area contributed by atoms with Gasteiger partial charge in [0.25, 0.3) is 0 Å². The van der Waals surface area contributed by atoms with Crippen molar-refractivity contribution in [3.8, 4) is 5.88 Å². The maximum Gasteiger partial charge on any atom is 0.334 e. The molecule has 1 aromatic rings. The molecule has 1 unspecified atom stereocenters. The largest absolute Gasteiger partial charge is 0.474 e.